The van der Waals surface area contributed by atoms with Gasteiger partial charge in [-0.15, -0.1) is 0 Å². The number of hydrogen-bond donors (Lipinski definition) is 3. The van der Waals surface area contributed by atoms with Crippen molar-refractivity contribution in [1.29, 1.82) is 0 Å². The van der Waals surface area contributed by atoms with Gasteiger partial charge in [-0.25, -0.2) is 9.97 Å². The number of nitrogens with zero attached hydrogens (tertiary/aromatic N) is 4. The lowest BCUT2D eigenvalue weighted by molar-refractivity contribution is 0.100. The van der Waals surface area contributed by atoms with Crippen LogP contribution in [0.25, 0.3) is 11.0 Å². The van der Waals surface area contributed by atoms with Crippen LogP contribution < -0.4 is 16.8 Å². The lowest BCUT2D eigenvalue weighted by Crippen LogP contribution is -2.34. The van der Waals surface area contributed by atoms with Gasteiger partial charge in [-0.3, -0.25) is 14.8 Å². The number of carbonyl (C=O) groups excluding carboxylic acids is 1. The van der Waals surface area contributed by atoms with Crippen molar-refractivity contribution in [2.24, 2.45) is 17.4 Å². The minimum Gasteiger partial charge on any atom is -0.365 e. The Morgan fingerprint density at radius 1 is 1.14 bits per heavy atom. The second-order valence-corrected chi connectivity index (χ2v) is 7.18. The molecule has 2 aromatic heterocycles. The molecule has 4 rings (SSSR count). The number of carbonyl (C=O) groups is 1. The molecule has 144 valence electrons. The number of rotatable bonds is 5. The van der Waals surface area contributed by atoms with Crippen LogP contribution in [0.4, 0.5) is 11.5 Å². The third-order valence-corrected chi connectivity index (χ3v) is 5.27. The van der Waals surface area contributed by atoms with Crippen LogP contribution in [0.2, 0.25) is 0 Å². The number of amides is 1. The molecular weight excluding hydrogens is 354 g/mol. The van der Waals surface area contributed by atoms with E-state index >= 15 is 0 Å². The van der Waals surface area contributed by atoms with Gasteiger partial charge in [-0.2, -0.15) is 0 Å². The number of benzene rings is 1. The normalized spacial score (nSPS) is 19.5. The van der Waals surface area contributed by atoms with Crippen LogP contribution in [-0.4, -0.2) is 31.9 Å². The van der Waals surface area contributed by atoms with E-state index in [0.29, 0.717) is 35.2 Å². The van der Waals surface area contributed by atoms with Crippen LogP contribution in [-0.2, 0) is 6.42 Å². The molecule has 28 heavy (non-hydrogen) atoms. The Morgan fingerprint density at radius 3 is 2.79 bits per heavy atom. The molecule has 0 unspecified atom stereocenters. The summed E-state index contributed by atoms with van der Waals surface area (Å²) in [7, 11) is 0. The van der Waals surface area contributed by atoms with E-state index in [9.17, 15) is 4.79 Å². The molecule has 0 saturated heterocycles. The van der Waals surface area contributed by atoms with E-state index in [1.165, 1.54) is 19.0 Å². The van der Waals surface area contributed by atoms with Crippen molar-refractivity contribution in [2.75, 3.05) is 5.32 Å². The van der Waals surface area contributed by atoms with Crippen molar-refractivity contribution in [3.8, 4) is 0 Å². The third-order valence-electron chi connectivity index (χ3n) is 5.27. The smallest absolute Gasteiger partial charge is 0.254 e. The van der Waals surface area contributed by atoms with Gasteiger partial charge >= 0.3 is 0 Å². The Bertz CT molecular complexity index is 1000. The van der Waals surface area contributed by atoms with Crippen molar-refractivity contribution in [2.45, 2.75) is 38.1 Å². The zero-order valence-electron chi connectivity index (χ0n) is 15.5. The van der Waals surface area contributed by atoms with Crippen LogP contribution in [0.1, 0.15) is 41.9 Å². The van der Waals surface area contributed by atoms with Gasteiger partial charge in [-0.05, 0) is 30.9 Å². The summed E-state index contributed by atoms with van der Waals surface area (Å²) in [5, 5.41) is 3.20. The summed E-state index contributed by atoms with van der Waals surface area (Å²) in [5.74, 6) is 0.792. The Balaban J connectivity index is 1.67. The van der Waals surface area contributed by atoms with Gasteiger partial charge in [-0.1, -0.05) is 18.9 Å². The molecule has 1 saturated carbocycles. The molecule has 8 heteroatoms. The second-order valence-electron chi connectivity index (χ2n) is 7.18. The number of nitrogens with one attached hydrogen (secondary N) is 1. The third kappa shape index (κ3) is 3.77. The lowest BCUT2D eigenvalue weighted by atomic mass is 9.83. The lowest BCUT2D eigenvalue weighted by Gasteiger charge is -2.28. The van der Waals surface area contributed by atoms with E-state index in [1.54, 1.807) is 12.4 Å². The highest BCUT2D eigenvalue weighted by molar-refractivity contribution is 5.99. The summed E-state index contributed by atoms with van der Waals surface area (Å²) in [6.45, 7) is 0. The molecule has 1 amide bonds. The summed E-state index contributed by atoms with van der Waals surface area (Å²) >= 11 is 0. The maximum atomic E-state index is 11.9. The molecule has 1 aromatic carbocycles. The zero-order valence-corrected chi connectivity index (χ0v) is 15.5. The summed E-state index contributed by atoms with van der Waals surface area (Å²) < 4.78 is 0. The van der Waals surface area contributed by atoms with Crippen molar-refractivity contribution >= 4 is 28.4 Å². The van der Waals surface area contributed by atoms with Gasteiger partial charge in [0.25, 0.3) is 5.91 Å². The number of hydrogen-bond acceptors (Lipinski definition) is 7. The summed E-state index contributed by atoms with van der Waals surface area (Å²) in [6, 6.07) is 5.77. The van der Waals surface area contributed by atoms with Gasteiger partial charge < -0.3 is 16.8 Å². The maximum Gasteiger partial charge on any atom is 0.254 e. The van der Waals surface area contributed by atoms with Crippen LogP contribution in [0, 0.1) is 5.92 Å². The molecule has 5 N–H and O–H groups in total. The number of aromatic nitrogens is 4. The summed E-state index contributed by atoms with van der Waals surface area (Å²) in [5.41, 5.74) is 14.2. The number of anilines is 2. The fraction of sp³-hybridized carbons (Fsp3) is 0.350. The molecular formula is C20H23N7O. The Kier molecular flexibility index (Phi) is 5.12. The van der Waals surface area contributed by atoms with E-state index in [4.69, 9.17) is 11.5 Å². The van der Waals surface area contributed by atoms with Crippen molar-refractivity contribution in [3.63, 3.8) is 0 Å². The topological polar surface area (TPSA) is 133 Å². The van der Waals surface area contributed by atoms with E-state index in [2.05, 4.69) is 25.3 Å². The van der Waals surface area contributed by atoms with Crippen LogP contribution >= 0.6 is 0 Å². The summed E-state index contributed by atoms with van der Waals surface area (Å²) in [4.78, 5) is 29.5. The van der Waals surface area contributed by atoms with Gasteiger partial charge in [0, 0.05) is 31.1 Å². The largest absolute Gasteiger partial charge is 0.365 e. The molecule has 2 heterocycles. The first-order valence-corrected chi connectivity index (χ1v) is 9.50. The van der Waals surface area contributed by atoms with Gasteiger partial charge in [0.15, 0.2) is 0 Å². The Labute approximate surface area is 162 Å². The molecule has 1 fully saturated rings. The Morgan fingerprint density at radius 2 is 1.96 bits per heavy atom. The van der Waals surface area contributed by atoms with E-state index < -0.39 is 5.91 Å². The number of para-hydroxylation sites is 1. The van der Waals surface area contributed by atoms with Gasteiger partial charge in [0.05, 0.1) is 11.2 Å². The highest BCUT2D eigenvalue weighted by Gasteiger charge is 2.24. The van der Waals surface area contributed by atoms with Gasteiger partial charge in [0.2, 0.25) is 0 Å². The molecule has 3 aromatic rings. The number of primary amides is 1. The molecule has 2 atom stereocenters. The van der Waals surface area contributed by atoms with Crippen LogP contribution in [0.3, 0.4) is 0 Å². The minimum absolute atomic E-state index is 0.165. The minimum atomic E-state index is -0.588. The SMILES string of the molecule is NC(=O)c1cnc(C[C@@H]2CCCC[C@@H]2N)nc1Nc1cccc2nccnc12. The summed E-state index contributed by atoms with van der Waals surface area (Å²) in [6.07, 6.45) is 9.89. The molecule has 8 nitrogen and oxygen atoms in total. The van der Waals surface area contributed by atoms with Crippen molar-refractivity contribution < 1.29 is 4.79 Å². The number of nitrogens with two attached hydrogens (primary N) is 2. The molecule has 1 aliphatic carbocycles. The predicted molar refractivity (Wildman–Crippen MR) is 107 cm³/mol. The average molecular weight is 377 g/mol. The van der Waals surface area contributed by atoms with E-state index in [0.717, 1.165) is 18.4 Å². The highest BCUT2D eigenvalue weighted by atomic mass is 16.1. The van der Waals surface area contributed by atoms with Gasteiger partial charge in [0.1, 0.15) is 22.7 Å². The average Bonchev–Trinajstić information content (AvgIpc) is 2.70. The Hall–Kier alpha value is -3.13. The fourth-order valence-electron chi connectivity index (χ4n) is 3.74. The van der Waals surface area contributed by atoms with Crippen molar-refractivity contribution in [3.05, 3.63) is 48.2 Å². The second kappa shape index (κ2) is 7.85. The van der Waals surface area contributed by atoms with E-state index in [-0.39, 0.29) is 11.6 Å². The fourth-order valence-corrected chi connectivity index (χ4v) is 3.74. The molecule has 0 spiro atoms. The molecule has 1 aliphatic rings. The first-order valence-electron chi connectivity index (χ1n) is 9.50. The van der Waals surface area contributed by atoms with Crippen molar-refractivity contribution in [1.82, 2.24) is 19.9 Å². The molecule has 0 radical (unpaired) electrons. The predicted octanol–water partition coefficient (Wildman–Crippen LogP) is 2.32. The standard InChI is InChI=1S/C20H23N7O/c21-14-5-2-1-4-12(14)10-17-25-11-13(19(22)28)20(27-17)26-16-7-3-6-15-18(16)24-9-8-23-15/h3,6-9,11-12,14H,1-2,4-5,10,21H2,(H2,22,28)(H,25,26,27)/t12-,14-/m0/s1. The zero-order chi connectivity index (χ0) is 19.5. The first kappa shape index (κ1) is 18.2. The molecule has 0 aliphatic heterocycles. The first-order chi connectivity index (χ1) is 13.6. The van der Waals surface area contributed by atoms with Crippen LogP contribution in [0.15, 0.2) is 36.8 Å². The monoisotopic (exact) mass is 377 g/mol. The molecule has 0 bridgehead atoms. The number of fused-ring (bicyclic) bond motifs is 1. The highest BCUT2D eigenvalue weighted by Crippen LogP contribution is 2.27. The van der Waals surface area contributed by atoms with E-state index in [1.807, 2.05) is 18.2 Å². The quantitative estimate of drug-likeness (QED) is 0.621. The van der Waals surface area contributed by atoms with Crippen LogP contribution in [0.5, 0.6) is 0 Å². The maximum absolute atomic E-state index is 11.9.